The highest BCUT2D eigenvalue weighted by Crippen LogP contribution is 2.49. The fourth-order valence-electron chi connectivity index (χ4n) is 1.74. The number of aromatic nitrogens is 1. The first-order valence-electron chi connectivity index (χ1n) is 6.57. The second kappa shape index (κ2) is 9.09. The number of halogens is 1. The monoisotopic (exact) mass is 443 g/mol. The summed E-state index contributed by atoms with van der Waals surface area (Å²) in [5.74, 6) is 2.67. The number of methoxy groups -OCH3 is 1. The number of pyridine rings is 1. The molecule has 0 aliphatic carbocycles. The standard InChI is InChI=1S/C14H22INO3S2/c1-19-14(18)10-16-12(6-4-7-13(16)17)11-20-8-5-9-21(2,3)15/h4,6-7H,5,8-11H2,1-3H3. The van der Waals surface area contributed by atoms with Gasteiger partial charge in [-0.3, -0.25) is 9.59 Å². The molecule has 0 aliphatic heterocycles. The molecule has 7 heteroatoms. The largest absolute Gasteiger partial charge is 0.468 e. The molecule has 0 unspecified atom stereocenters. The molecule has 0 spiro atoms. The van der Waals surface area contributed by atoms with Crippen molar-refractivity contribution in [1.29, 1.82) is 0 Å². The average Bonchev–Trinajstić information content (AvgIpc) is 2.40. The van der Waals surface area contributed by atoms with Gasteiger partial charge in [-0.2, -0.15) is 19.0 Å². The minimum atomic E-state index is -0.463. The van der Waals surface area contributed by atoms with Gasteiger partial charge in [0.2, 0.25) is 0 Å². The van der Waals surface area contributed by atoms with Gasteiger partial charge in [-0.15, -0.1) is 0 Å². The lowest BCUT2D eigenvalue weighted by Gasteiger charge is -2.21. The van der Waals surface area contributed by atoms with Crippen LogP contribution in [0.25, 0.3) is 0 Å². The van der Waals surface area contributed by atoms with Crippen molar-refractivity contribution in [3.8, 4) is 0 Å². The first-order valence-corrected chi connectivity index (χ1v) is 12.9. The number of carbonyl (C=O) groups excluding carboxylic acids is 1. The summed E-state index contributed by atoms with van der Waals surface area (Å²) in [4.78, 5) is 23.2. The Labute approximate surface area is 143 Å². The van der Waals surface area contributed by atoms with Crippen LogP contribution in [0.1, 0.15) is 12.1 Å². The van der Waals surface area contributed by atoms with Crippen LogP contribution in [-0.2, 0) is 21.8 Å². The Kier molecular flexibility index (Phi) is 8.18. The summed E-state index contributed by atoms with van der Waals surface area (Å²) in [7, 11) is 0.869. The first kappa shape index (κ1) is 18.9. The summed E-state index contributed by atoms with van der Waals surface area (Å²) >= 11 is 4.35. The van der Waals surface area contributed by atoms with Crippen molar-refractivity contribution in [2.75, 3.05) is 31.1 Å². The predicted octanol–water partition coefficient (Wildman–Crippen LogP) is 3.06. The van der Waals surface area contributed by atoms with Gasteiger partial charge in [-0.25, -0.2) is 0 Å². The normalized spacial score (nSPS) is 12.2. The average molecular weight is 443 g/mol. The molecular formula is C14H22INO3S2. The first-order chi connectivity index (χ1) is 9.83. The smallest absolute Gasteiger partial charge is 0.325 e. The molecule has 1 aromatic rings. The van der Waals surface area contributed by atoms with E-state index in [1.54, 1.807) is 17.8 Å². The van der Waals surface area contributed by atoms with Crippen LogP contribution in [0, 0.1) is 0 Å². The number of esters is 1. The molecule has 0 aromatic carbocycles. The molecule has 21 heavy (non-hydrogen) atoms. The summed E-state index contributed by atoms with van der Waals surface area (Å²) < 4.78 is 6.13. The van der Waals surface area contributed by atoms with Gasteiger partial charge in [0, 0.05) is 17.5 Å². The molecular weight excluding hydrogens is 421 g/mol. The van der Waals surface area contributed by atoms with Gasteiger partial charge in [0.15, 0.2) is 0 Å². The fourth-order valence-corrected chi connectivity index (χ4v) is 4.64. The SMILES string of the molecule is COC(=O)Cn1c(CSCCCS(C)(C)I)cccc1=O. The minimum Gasteiger partial charge on any atom is -0.468 e. The van der Waals surface area contributed by atoms with Gasteiger partial charge < -0.3 is 9.30 Å². The second-order valence-corrected chi connectivity index (χ2v) is 16.5. The van der Waals surface area contributed by atoms with E-state index in [1.807, 2.05) is 6.07 Å². The molecule has 0 radical (unpaired) electrons. The molecule has 1 heterocycles. The van der Waals surface area contributed by atoms with E-state index >= 15 is 0 Å². The summed E-state index contributed by atoms with van der Waals surface area (Å²) in [5, 5.41) is 0. The van der Waals surface area contributed by atoms with Gasteiger partial charge in [-0.1, -0.05) is 6.07 Å². The van der Waals surface area contributed by atoms with Gasteiger partial charge >= 0.3 is 5.97 Å². The Bertz CT molecular complexity index is 526. The van der Waals surface area contributed by atoms with Crippen molar-refractivity contribution in [3.63, 3.8) is 0 Å². The topological polar surface area (TPSA) is 48.3 Å². The molecule has 0 saturated heterocycles. The van der Waals surface area contributed by atoms with Crippen molar-refractivity contribution in [3.05, 3.63) is 34.2 Å². The number of rotatable bonds is 8. The van der Waals surface area contributed by atoms with Crippen molar-refractivity contribution in [1.82, 2.24) is 4.57 Å². The summed E-state index contributed by atoms with van der Waals surface area (Å²) in [6.07, 6.45) is 5.80. The van der Waals surface area contributed by atoms with Crippen LogP contribution in [0.2, 0.25) is 0 Å². The lowest BCUT2D eigenvalue weighted by molar-refractivity contribution is -0.141. The van der Waals surface area contributed by atoms with Crippen LogP contribution < -0.4 is 5.56 Å². The molecule has 0 fully saturated rings. The molecule has 1 aromatic heterocycles. The highest BCUT2D eigenvalue weighted by atomic mass is 127. The molecule has 120 valence electrons. The van der Waals surface area contributed by atoms with E-state index in [-0.39, 0.29) is 12.1 Å². The zero-order valence-corrected chi connectivity index (χ0v) is 16.4. The van der Waals surface area contributed by atoms with Crippen molar-refractivity contribution in [2.45, 2.75) is 18.7 Å². The zero-order chi connectivity index (χ0) is 15.9. The van der Waals surface area contributed by atoms with E-state index in [9.17, 15) is 9.59 Å². The Morgan fingerprint density at radius 2 is 2.14 bits per heavy atom. The van der Waals surface area contributed by atoms with Crippen LogP contribution in [-0.4, -0.2) is 41.7 Å². The number of thioether (sulfide) groups is 1. The quantitative estimate of drug-likeness (QED) is 0.352. The summed E-state index contributed by atoms with van der Waals surface area (Å²) in [6, 6.07) is 5.11. The van der Waals surface area contributed by atoms with Crippen molar-refractivity contribution < 1.29 is 9.53 Å². The lowest BCUT2D eigenvalue weighted by Crippen LogP contribution is -2.26. The third-order valence-electron chi connectivity index (χ3n) is 2.82. The Balaban J connectivity index is 2.57. The number of hydrogen-bond acceptors (Lipinski definition) is 4. The highest BCUT2D eigenvalue weighted by Gasteiger charge is 2.09. The Morgan fingerprint density at radius 1 is 1.43 bits per heavy atom. The molecule has 0 bridgehead atoms. The van der Waals surface area contributed by atoms with E-state index in [4.69, 9.17) is 0 Å². The molecule has 0 amide bonds. The maximum absolute atomic E-state index is 11.9. The van der Waals surface area contributed by atoms with Crippen LogP contribution in [0.15, 0.2) is 23.0 Å². The molecule has 0 saturated carbocycles. The third kappa shape index (κ3) is 7.60. The second-order valence-electron chi connectivity index (χ2n) is 5.03. The van der Waals surface area contributed by atoms with E-state index < -0.39 is 13.2 Å². The maximum Gasteiger partial charge on any atom is 0.325 e. The third-order valence-corrected chi connectivity index (χ3v) is 6.48. The van der Waals surface area contributed by atoms with Crippen LogP contribution >= 0.6 is 40.2 Å². The van der Waals surface area contributed by atoms with Crippen molar-refractivity contribution in [2.24, 2.45) is 0 Å². The predicted molar refractivity (Wildman–Crippen MR) is 102 cm³/mol. The van der Waals surface area contributed by atoms with Gasteiger partial charge in [0.25, 0.3) is 5.56 Å². The maximum atomic E-state index is 11.9. The molecule has 0 N–H and O–H groups in total. The highest BCUT2D eigenvalue weighted by molar-refractivity contribution is 14.2. The molecule has 4 nitrogen and oxygen atoms in total. The van der Waals surface area contributed by atoms with Gasteiger partial charge in [0.05, 0.1) is 7.11 Å². The van der Waals surface area contributed by atoms with Crippen molar-refractivity contribution >= 4 is 46.1 Å². The van der Waals surface area contributed by atoms with Crippen LogP contribution in [0.3, 0.4) is 0 Å². The summed E-state index contributed by atoms with van der Waals surface area (Å²) in [5.41, 5.74) is 0.718. The zero-order valence-electron chi connectivity index (χ0n) is 12.6. The molecule has 0 atom stereocenters. The number of carbonyl (C=O) groups is 1. The van der Waals surface area contributed by atoms with Crippen LogP contribution in [0.5, 0.6) is 0 Å². The van der Waals surface area contributed by atoms with E-state index in [0.717, 1.165) is 17.2 Å². The number of nitrogens with zero attached hydrogens (tertiary/aromatic N) is 1. The number of hydrogen-bond donors (Lipinski definition) is 0. The van der Waals surface area contributed by atoms with Gasteiger partial charge in [-0.05, 0) is 57.7 Å². The Hall–Kier alpha value is -0.150. The Morgan fingerprint density at radius 3 is 2.76 bits per heavy atom. The number of ether oxygens (including phenoxy) is 1. The molecule has 1 rings (SSSR count). The van der Waals surface area contributed by atoms with E-state index in [2.05, 4.69) is 38.5 Å². The van der Waals surface area contributed by atoms with Crippen LogP contribution in [0.4, 0.5) is 0 Å². The van der Waals surface area contributed by atoms with E-state index in [0.29, 0.717) is 0 Å². The van der Waals surface area contributed by atoms with Gasteiger partial charge in [0.1, 0.15) is 6.54 Å². The minimum absolute atomic E-state index is 0.0169. The fraction of sp³-hybridized carbons (Fsp3) is 0.571. The van der Waals surface area contributed by atoms with E-state index in [1.165, 1.54) is 29.9 Å². The molecule has 0 aliphatic rings. The lowest BCUT2D eigenvalue weighted by atomic mass is 10.3. The summed E-state index contributed by atoms with van der Waals surface area (Å²) in [6.45, 7) is -0.0169.